The van der Waals surface area contributed by atoms with Crippen molar-refractivity contribution >= 4 is 0 Å². The predicted octanol–water partition coefficient (Wildman–Crippen LogP) is 0.272. The minimum atomic E-state index is -0.300. The van der Waals surface area contributed by atoms with Crippen LogP contribution in [-0.2, 0) is 0 Å². The number of aliphatic hydroxyl groups excluding tert-OH is 1. The van der Waals surface area contributed by atoms with Crippen LogP contribution >= 0.6 is 0 Å². The summed E-state index contributed by atoms with van der Waals surface area (Å²) in [7, 11) is 0. The molecule has 0 bridgehead atoms. The molecular formula is C6H13NO. The average molecular weight is 115 g/mol. The molecule has 0 spiro atoms. The fraction of sp³-hybridized carbons (Fsp3) is 0.667. The van der Waals surface area contributed by atoms with Crippen molar-refractivity contribution in [2.24, 2.45) is 5.73 Å². The van der Waals surface area contributed by atoms with Crippen molar-refractivity contribution < 1.29 is 5.11 Å². The van der Waals surface area contributed by atoms with Crippen LogP contribution in [0, 0.1) is 0 Å². The van der Waals surface area contributed by atoms with Crippen LogP contribution in [0.4, 0.5) is 0 Å². The van der Waals surface area contributed by atoms with Gasteiger partial charge in [-0.25, -0.2) is 0 Å². The topological polar surface area (TPSA) is 46.2 Å². The molecule has 2 heteroatoms. The van der Waals surface area contributed by atoms with Crippen molar-refractivity contribution in [1.82, 2.24) is 0 Å². The smallest absolute Gasteiger partial charge is 0.0549 e. The SMILES string of the molecule is C=C(CN)CC(C)O. The van der Waals surface area contributed by atoms with E-state index in [1.807, 2.05) is 0 Å². The van der Waals surface area contributed by atoms with Gasteiger partial charge in [-0.15, -0.1) is 0 Å². The van der Waals surface area contributed by atoms with Crippen LogP contribution in [0.15, 0.2) is 12.2 Å². The molecule has 48 valence electrons. The summed E-state index contributed by atoms with van der Waals surface area (Å²) in [6.07, 6.45) is 0.322. The second-order valence-electron chi connectivity index (χ2n) is 2.01. The Morgan fingerprint density at radius 2 is 2.38 bits per heavy atom. The molecule has 0 aliphatic rings. The summed E-state index contributed by atoms with van der Waals surface area (Å²) >= 11 is 0. The van der Waals surface area contributed by atoms with Gasteiger partial charge >= 0.3 is 0 Å². The fourth-order valence-corrected chi connectivity index (χ4v) is 0.501. The minimum absolute atomic E-state index is 0.300. The minimum Gasteiger partial charge on any atom is -0.393 e. The fourth-order valence-electron chi connectivity index (χ4n) is 0.501. The zero-order valence-corrected chi connectivity index (χ0v) is 5.22. The lowest BCUT2D eigenvalue weighted by molar-refractivity contribution is 0.195. The maximum Gasteiger partial charge on any atom is 0.0549 e. The van der Waals surface area contributed by atoms with Crippen LogP contribution in [0.1, 0.15) is 13.3 Å². The highest BCUT2D eigenvalue weighted by molar-refractivity contribution is 4.96. The van der Waals surface area contributed by atoms with Gasteiger partial charge < -0.3 is 10.8 Å². The third-order valence-electron chi connectivity index (χ3n) is 0.873. The Kier molecular flexibility index (Phi) is 3.48. The summed E-state index contributed by atoms with van der Waals surface area (Å²) in [4.78, 5) is 0. The number of aliphatic hydroxyl groups is 1. The third-order valence-corrected chi connectivity index (χ3v) is 0.873. The highest BCUT2D eigenvalue weighted by Crippen LogP contribution is 1.98. The Bertz CT molecular complexity index is 78.6. The van der Waals surface area contributed by atoms with Crippen LogP contribution < -0.4 is 5.73 Å². The van der Waals surface area contributed by atoms with E-state index in [0.29, 0.717) is 13.0 Å². The highest BCUT2D eigenvalue weighted by Gasteiger charge is 1.95. The molecule has 0 fully saturated rings. The molecule has 0 radical (unpaired) electrons. The second kappa shape index (κ2) is 3.64. The first-order valence-electron chi connectivity index (χ1n) is 2.71. The van der Waals surface area contributed by atoms with Crippen molar-refractivity contribution in [3.8, 4) is 0 Å². The van der Waals surface area contributed by atoms with Crippen LogP contribution in [0.25, 0.3) is 0 Å². The summed E-state index contributed by atoms with van der Waals surface area (Å²) < 4.78 is 0. The first-order chi connectivity index (χ1) is 3.66. The summed E-state index contributed by atoms with van der Waals surface area (Å²) in [5.41, 5.74) is 6.11. The van der Waals surface area contributed by atoms with Gasteiger partial charge in [-0.3, -0.25) is 0 Å². The lowest BCUT2D eigenvalue weighted by atomic mass is 10.1. The molecule has 0 amide bonds. The first kappa shape index (κ1) is 7.66. The van der Waals surface area contributed by atoms with E-state index in [9.17, 15) is 0 Å². The summed E-state index contributed by atoms with van der Waals surface area (Å²) in [6, 6.07) is 0. The molecule has 0 aromatic heterocycles. The van der Waals surface area contributed by atoms with Gasteiger partial charge in [0, 0.05) is 6.54 Å². The van der Waals surface area contributed by atoms with Crippen molar-refractivity contribution in [2.75, 3.05) is 6.54 Å². The largest absolute Gasteiger partial charge is 0.393 e. The molecule has 8 heavy (non-hydrogen) atoms. The van der Waals surface area contributed by atoms with Crippen molar-refractivity contribution in [3.05, 3.63) is 12.2 Å². The van der Waals surface area contributed by atoms with E-state index < -0.39 is 0 Å². The number of nitrogens with two attached hydrogens (primary N) is 1. The normalized spacial score (nSPS) is 13.4. The Balaban J connectivity index is 3.25. The summed E-state index contributed by atoms with van der Waals surface area (Å²) in [6.45, 7) is 5.83. The molecular weight excluding hydrogens is 102 g/mol. The molecule has 0 saturated heterocycles. The van der Waals surface area contributed by atoms with Gasteiger partial charge in [0.15, 0.2) is 0 Å². The van der Waals surface area contributed by atoms with E-state index in [1.165, 1.54) is 0 Å². The zero-order valence-electron chi connectivity index (χ0n) is 5.22. The molecule has 0 aliphatic heterocycles. The molecule has 3 N–H and O–H groups in total. The van der Waals surface area contributed by atoms with E-state index in [4.69, 9.17) is 10.8 Å². The Morgan fingerprint density at radius 1 is 1.88 bits per heavy atom. The van der Waals surface area contributed by atoms with Gasteiger partial charge in [0.2, 0.25) is 0 Å². The molecule has 2 nitrogen and oxygen atoms in total. The van der Waals surface area contributed by atoms with E-state index in [0.717, 1.165) is 5.57 Å². The third kappa shape index (κ3) is 3.84. The van der Waals surface area contributed by atoms with Crippen LogP contribution in [0.2, 0.25) is 0 Å². The second-order valence-corrected chi connectivity index (χ2v) is 2.01. The average Bonchev–Trinajstić information content (AvgIpc) is 1.65. The van der Waals surface area contributed by atoms with E-state index in [-0.39, 0.29) is 6.10 Å². The predicted molar refractivity (Wildman–Crippen MR) is 34.5 cm³/mol. The first-order valence-corrected chi connectivity index (χ1v) is 2.71. The lowest BCUT2D eigenvalue weighted by Gasteiger charge is -2.02. The van der Waals surface area contributed by atoms with E-state index in [1.54, 1.807) is 6.92 Å². The Labute approximate surface area is 50.0 Å². The van der Waals surface area contributed by atoms with Gasteiger partial charge in [0.25, 0.3) is 0 Å². The standard InChI is InChI=1S/C6H13NO/c1-5(4-7)3-6(2)8/h6,8H,1,3-4,7H2,2H3. The Morgan fingerprint density at radius 3 is 2.50 bits per heavy atom. The molecule has 0 aliphatic carbocycles. The van der Waals surface area contributed by atoms with E-state index in [2.05, 4.69) is 6.58 Å². The summed E-state index contributed by atoms with van der Waals surface area (Å²) in [5, 5.41) is 8.74. The monoisotopic (exact) mass is 115 g/mol. The number of rotatable bonds is 3. The van der Waals surface area contributed by atoms with Gasteiger partial charge in [0.05, 0.1) is 6.10 Å². The van der Waals surface area contributed by atoms with Gasteiger partial charge in [-0.1, -0.05) is 12.2 Å². The zero-order chi connectivity index (χ0) is 6.57. The molecule has 1 unspecified atom stereocenters. The quantitative estimate of drug-likeness (QED) is 0.519. The molecule has 0 saturated carbocycles. The molecule has 0 heterocycles. The van der Waals surface area contributed by atoms with Crippen molar-refractivity contribution in [1.29, 1.82) is 0 Å². The van der Waals surface area contributed by atoms with Gasteiger partial charge in [-0.05, 0) is 13.3 Å². The van der Waals surface area contributed by atoms with Crippen LogP contribution in [-0.4, -0.2) is 17.8 Å². The van der Waals surface area contributed by atoms with Gasteiger partial charge in [0.1, 0.15) is 0 Å². The highest BCUT2D eigenvalue weighted by atomic mass is 16.3. The lowest BCUT2D eigenvalue weighted by Crippen LogP contribution is -2.08. The molecule has 0 aromatic rings. The van der Waals surface area contributed by atoms with Crippen LogP contribution in [0.3, 0.4) is 0 Å². The summed E-state index contributed by atoms with van der Waals surface area (Å²) in [5.74, 6) is 0. The maximum atomic E-state index is 8.74. The molecule has 1 atom stereocenters. The number of hydrogen-bond donors (Lipinski definition) is 2. The number of hydrogen-bond acceptors (Lipinski definition) is 2. The van der Waals surface area contributed by atoms with E-state index >= 15 is 0 Å². The van der Waals surface area contributed by atoms with Crippen molar-refractivity contribution in [2.45, 2.75) is 19.4 Å². The molecule has 0 rings (SSSR count). The maximum absolute atomic E-state index is 8.74. The van der Waals surface area contributed by atoms with Gasteiger partial charge in [-0.2, -0.15) is 0 Å². The van der Waals surface area contributed by atoms with Crippen molar-refractivity contribution in [3.63, 3.8) is 0 Å². The Hall–Kier alpha value is -0.340. The molecule has 0 aromatic carbocycles. The van der Waals surface area contributed by atoms with Crippen LogP contribution in [0.5, 0.6) is 0 Å².